The molecule has 0 bridgehead atoms. The average Bonchev–Trinajstić information content (AvgIpc) is 1.79. The van der Waals surface area contributed by atoms with Crippen LogP contribution in [0.2, 0.25) is 0 Å². The molecule has 0 fully saturated rings. The fourth-order valence-electron chi connectivity index (χ4n) is 0.724. The first-order chi connectivity index (χ1) is 4.24. The lowest BCUT2D eigenvalue weighted by molar-refractivity contribution is -0.136. The van der Waals surface area contributed by atoms with Crippen LogP contribution in [0.4, 0.5) is 0 Å². The molecular weight excluding hydrogens is 116 g/mol. The minimum Gasteiger partial charge on any atom is -0.466 e. The van der Waals surface area contributed by atoms with Crippen molar-refractivity contribution in [3.8, 4) is 0 Å². The molecule has 1 rings (SSSR count). The van der Waals surface area contributed by atoms with Crippen molar-refractivity contribution < 1.29 is 9.53 Å². The van der Waals surface area contributed by atoms with Crippen LogP contribution >= 0.6 is 0 Å². The molecule has 0 saturated carbocycles. The van der Waals surface area contributed by atoms with Crippen molar-refractivity contribution in [2.75, 3.05) is 7.11 Å². The fourth-order valence-corrected chi connectivity index (χ4v) is 0.724. The van der Waals surface area contributed by atoms with Gasteiger partial charge in [0.1, 0.15) is 0 Å². The highest BCUT2D eigenvalue weighted by atomic mass is 16.5. The summed E-state index contributed by atoms with van der Waals surface area (Å²) in [7, 11) is 1.38. The Morgan fingerprint density at radius 3 is 2.78 bits per heavy atom. The van der Waals surface area contributed by atoms with E-state index in [2.05, 4.69) is 11.3 Å². The van der Waals surface area contributed by atoms with E-state index in [-0.39, 0.29) is 5.97 Å². The quantitative estimate of drug-likeness (QED) is 0.488. The Bertz CT molecular complexity index is 189. The van der Waals surface area contributed by atoms with E-state index in [0.717, 1.165) is 11.1 Å². The Morgan fingerprint density at radius 1 is 1.89 bits per heavy atom. The molecule has 2 heteroatoms. The molecule has 0 amide bonds. The summed E-state index contributed by atoms with van der Waals surface area (Å²) in [6.45, 7) is 3.64. The standard InChI is InChI=1S/C7H8O2/c1-5-3-6(4-5)7(8)9-2/h3H,1,4H2,2H3. The second kappa shape index (κ2) is 2.05. The van der Waals surface area contributed by atoms with Crippen molar-refractivity contribution in [3.63, 3.8) is 0 Å². The van der Waals surface area contributed by atoms with E-state index in [4.69, 9.17) is 0 Å². The van der Waals surface area contributed by atoms with Crippen LogP contribution in [0.1, 0.15) is 6.42 Å². The number of esters is 1. The minimum atomic E-state index is -0.234. The smallest absolute Gasteiger partial charge is 0.334 e. The molecule has 1 aliphatic carbocycles. The molecule has 0 unspecified atom stereocenters. The van der Waals surface area contributed by atoms with Gasteiger partial charge in [0, 0.05) is 12.0 Å². The molecule has 0 spiro atoms. The first kappa shape index (κ1) is 6.08. The zero-order valence-corrected chi connectivity index (χ0v) is 5.31. The van der Waals surface area contributed by atoms with Crippen LogP contribution in [-0.2, 0) is 9.53 Å². The summed E-state index contributed by atoms with van der Waals surface area (Å²) >= 11 is 0. The Kier molecular flexibility index (Phi) is 1.39. The minimum absolute atomic E-state index is 0.234. The first-order valence-electron chi connectivity index (χ1n) is 2.70. The maximum atomic E-state index is 10.6. The predicted octanol–water partition coefficient (Wildman–Crippen LogP) is 1.05. The Labute approximate surface area is 53.8 Å². The van der Waals surface area contributed by atoms with Crippen molar-refractivity contribution in [2.24, 2.45) is 0 Å². The van der Waals surface area contributed by atoms with Gasteiger partial charge in [0.15, 0.2) is 0 Å². The molecule has 0 N–H and O–H groups in total. The molecule has 0 heterocycles. The van der Waals surface area contributed by atoms with Crippen molar-refractivity contribution in [3.05, 3.63) is 23.8 Å². The van der Waals surface area contributed by atoms with E-state index in [1.807, 2.05) is 0 Å². The summed E-state index contributed by atoms with van der Waals surface area (Å²) in [5.41, 5.74) is 1.72. The average molecular weight is 124 g/mol. The number of carbonyl (C=O) groups excluding carboxylic acids is 1. The maximum absolute atomic E-state index is 10.6. The topological polar surface area (TPSA) is 26.3 Å². The van der Waals surface area contributed by atoms with E-state index >= 15 is 0 Å². The summed E-state index contributed by atoms with van der Waals surface area (Å²) in [4.78, 5) is 10.6. The van der Waals surface area contributed by atoms with E-state index in [1.54, 1.807) is 6.08 Å². The third kappa shape index (κ3) is 1.02. The van der Waals surface area contributed by atoms with E-state index in [1.165, 1.54) is 7.11 Å². The van der Waals surface area contributed by atoms with Crippen LogP contribution < -0.4 is 0 Å². The van der Waals surface area contributed by atoms with Crippen molar-refractivity contribution in [1.82, 2.24) is 0 Å². The maximum Gasteiger partial charge on any atom is 0.334 e. The van der Waals surface area contributed by atoms with Gasteiger partial charge in [-0.1, -0.05) is 12.2 Å². The summed E-state index contributed by atoms with van der Waals surface area (Å²) in [6.07, 6.45) is 2.43. The summed E-state index contributed by atoms with van der Waals surface area (Å²) in [6, 6.07) is 0. The zero-order chi connectivity index (χ0) is 6.85. The van der Waals surface area contributed by atoms with Crippen LogP contribution in [-0.4, -0.2) is 13.1 Å². The first-order valence-corrected chi connectivity index (χ1v) is 2.70. The van der Waals surface area contributed by atoms with Crippen LogP contribution in [0.5, 0.6) is 0 Å². The van der Waals surface area contributed by atoms with E-state index in [9.17, 15) is 4.79 Å². The lowest BCUT2D eigenvalue weighted by Crippen LogP contribution is -2.10. The number of ether oxygens (including phenoxy) is 1. The fraction of sp³-hybridized carbons (Fsp3) is 0.286. The number of methoxy groups -OCH3 is 1. The molecule has 48 valence electrons. The largest absolute Gasteiger partial charge is 0.466 e. The Balaban J connectivity index is 2.58. The van der Waals surface area contributed by atoms with Gasteiger partial charge in [-0.15, -0.1) is 0 Å². The van der Waals surface area contributed by atoms with Crippen molar-refractivity contribution >= 4 is 5.97 Å². The summed E-state index contributed by atoms with van der Waals surface area (Å²) in [5.74, 6) is -0.234. The van der Waals surface area contributed by atoms with E-state index in [0.29, 0.717) is 6.42 Å². The van der Waals surface area contributed by atoms with Gasteiger partial charge in [-0.2, -0.15) is 0 Å². The molecule has 0 aromatic rings. The number of carbonyl (C=O) groups is 1. The third-order valence-electron chi connectivity index (χ3n) is 1.24. The lowest BCUT2D eigenvalue weighted by Gasteiger charge is -2.13. The van der Waals surface area contributed by atoms with Gasteiger partial charge in [-0.3, -0.25) is 0 Å². The number of allylic oxidation sites excluding steroid dienone is 2. The van der Waals surface area contributed by atoms with Gasteiger partial charge in [-0.05, 0) is 6.08 Å². The highest BCUT2D eigenvalue weighted by Crippen LogP contribution is 2.23. The molecule has 0 radical (unpaired) electrons. The number of hydrogen-bond donors (Lipinski definition) is 0. The molecule has 2 nitrogen and oxygen atoms in total. The van der Waals surface area contributed by atoms with Crippen molar-refractivity contribution in [1.29, 1.82) is 0 Å². The SMILES string of the molecule is C=C1C=C(C(=O)OC)C1. The van der Waals surface area contributed by atoms with Gasteiger partial charge in [0.25, 0.3) is 0 Å². The molecule has 1 aliphatic rings. The molecule has 0 aromatic carbocycles. The third-order valence-corrected chi connectivity index (χ3v) is 1.24. The van der Waals surface area contributed by atoms with Gasteiger partial charge < -0.3 is 4.74 Å². The number of hydrogen-bond acceptors (Lipinski definition) is 2. The van der Waals surface area contributed by atoms with Gasteiger partial charge in [0.05, 0.1) is 7.11 Å². The van der Waals surface area contributed by atoms with Crippen LogP contribution in [0, 0.1) is 0 Å². The second-order valence-corrected chi connectivity index (χ2v) is 2.00. The van der Waals surface area contributed by atoms with Crippen LogP contribution in [0.25, 0.3) is 0 Å². The monoisotopic (exact) mass is 124 g/mol. The van der Waals surface area contributed by atoms with Crippen LogP contribution in [0.15, 0.2) is 23.8 Å². The van der Waals surface area contributed by atoms with Gasteiger partial charge in [0.2, 0.25) is 0 Å². The highest BCUT2D eigenvalue weighted by molar-refractivity contribution is 5.92. The molecule has 0 aliphatic heterocycles. The predicted molar refractivity (Wildman–Crippen MR) is 33.9 cm³/mol. The molecular formula is C7H8O2. The normalized spacial score (nSPS) is 16.1. The Hall–Kier alpha value is -1.05. The number of rotatable bonds is 1. The van der Waals surface area contributed by atoms with Crippen LogP contribution in [0.3, 0.4) is 0 Å². The molecule has 9 heavy (non-hydrogen) atoms. The Morgan fingerprint density at radius 2 is 2.44 bits per heavy atom. The van der Waals surface area contributed by atoms with Gasteiger partial charge >= 0.3 is 5.97 Å². The zero-order valence-electron chi connectivity index (χ0n) is 5.31. The molecule has 0 saturated heterocycles. The van der Waals surface area contributed by atoms with Crippen molar-refractivity contribution in [2.45, 2.75) is 6.42 Å². The molecule has 0 aromatic heterocycles. The second-order valence-electron chi connectivity index (χ2n) is 2.00. The van der Waals surface area contributed by atoms with E-state index < -0.39 is 0 Å². The molecule has 0 atom stereocenters. The lowest BCUT2D eigenvalue weighted by atomic mass is 9.94. The van der Waals surface area contributed by atoms with Gasteiger partial charge in [-0.25, -0.2) is 4.79 Å². The highest BCUT2D eigenvalue weighted by Gasteiger charge is 2.17. The summed E-state index contributed by atoms with van der Waals surface area (Å²) in [5, 5.41) is 0. The summed E-state index contributed by atoms with van der Waals surface area (Å²) < 4.78 is 4.45.